The molecular weight excluding hydrogens is 448 g/mol. The summed E-state index contributed by atoms with van der Waals surface area (Å²) in [6.07, 6.45) is 1.60. The molecule has 0 saturated carbocycles. The van der Waals surface area contributed by atoms with Gasteiger partial charge in [0.2, 0.25) is 0 Å². The van der Waals surface area contributed by atoms with Crippen LogP contribution in [0.5, 0.6) is 5.75 Å². The molecule has 4 rings (SSSR count). The summed E-state index contributed by atoms with van der Waals surface area (Å²) in [4.78, 5) is 32.0. The molecule has 1 aromatic heterocycles. The van der Waals surface area contributed by atoms with Crippen molar-refractivity contribution in [1.82, 2.24) is 4.98 Å². The molecular formula is C27H28N2O4S. The zero-order chi connectivity index (χ0) is 24.6. The SMILES string of the molecule is CC(C)Oc1ccc(C(O)=C2C(=O)C(=O)N(c3nccs3)C2c2ccc(C(C)(C)C)cc2)cc1. The Morgan fingerprint density at radius 1 is 1.06 bits per heavy atom. The van der Waals surface area contributed by atoms with Gasteiger partial charge < -0.3 is 9.84 Å². The molecule has 0 radical (unpaired) electrons. The van der Waals surface area contributed by atoms with E-state index in [0.29, 0.717) is 16.4 Å². The molecule has 7 heteroatoms. The van der Waals surface area contributed by atoms with Crippen LogP contribution < -0.4 is 9.64 Å². The van der Waals surface area contributed by atoms with Crippen LogP contribution >= 0.6 is 11.3 Å². The van der Waals surface area contributed by atoms with Crippen LogP contribution in [0, 0.1) is 0 Å². The van der Waals surface area contributed by atoms with Crippen LogP contribution in [0.1, 0.15) is 57.4 Å². The molecule has 0 spiro atoms. The number of aromatic nitrogens is 1. The quantitative estimate of drug-likeness (QED) is 0.284. The van der Waals surface area contributed by atoms with Crippen molar-refractivity contribution < 1.29 is 19.4 Å². The van der Waals surface area contributed by atoms with E-state index in [-0.39, 0.29) is 22.9 Å². The fourth-order valence-corrected chi connectivity index (χ4v) is 4.63. The van der Waals surface area contributed by atoms with E-state index in [1.165, 1.54) is 16.2 Å². The normalized spacial score (nSPS) is 18.1. The van der Waals surface area contributed by atoms with Gasteiger partial charge in [-0.25, -0.2) is 4.98 Å². The second-order valence-corrected chi connectivity index (χ2v) is 10.4. The third-order valence-corrected chi connectivity index (χ3v) is 6.43. The number of aliphatic hydroxyl groups excluding tert-OH is 1. The number of ether oxygens (including phenoxy) is 1. The first-order valence-corrected chi connectivity index (χ1v) is 12.0. The monoisotopic (exact) mass is 476 g/mol. The van der Waals surface area contributed by atoms with E-state index in [9.17, 15) is 14.7 Å². The second kappa shape index (κ2) is 9.06. The smallest absolute Gasteiger partial charge is 0.301 e. The minimum Gasteiger partial charge on any atom is -0.507 e. The molecule has 0 aliphatic carbocycles. The van der Waals surface area contributed by atoms with Crippen molar-refractivity contribution in [2.45, 2.75) is 52.2 Å². The van der Waals surface area contributed by atoms with Crippen LogP contribution in [-0.4, -0.2) is 27.9 Å². The van der Waals surface area contributed by atoms with Gasteiger partial charge in [0.1, 0.15) is 11.5 Å². The van der Waals surface area contributed by atoms with E-state index < -0.39 is 17.7 Å². The Bertz CT molecular complexity index is 1220. The van der Waals surface area contributed by atoms with Crippen molar-refractivity contribution in [1.29, 1.82) is 0 Å². The van der Waals surface area contributed by atoms with Gasteiger partial charge in [-0.1, -0.05) is 45.0 Å². The Balaban J connectivity index is 1.84. The van der Waals surface area contributed by atoms with Gasteiger partial charge in [0.05, 0.1) is 17.7 Å². The summed E-state index contributed by atoms with van der Waals surface area (Å²) in [6.45, 7) is 10.2. The van der Waals surface area contributed by atoms with Crippen molar-refractivity contribution in [3.63, 3.8) is 0 Å². The average molecular weight is 477 g/mol. The first-order chi connectivity index (χ1) is 16.1. The summed E-state index contributed by atoms with van der Waals surface area (Å²) in [5.41, 5.74) is 2.29. The molecule has 1 aliphatic rings. The predicted molar refractivity (Wildman–Crippen MR) is 134 cm³/mol. The van der Waals surface area contributed by atoms with E-state index in [4.69, 9.17) is 4.74 Å². The molecule has 176 valence electrons. The third-order valence-electron chi connectivity index (χ3n) is 5.66. The van der Waals surface area contributed by atoms with Gasteiger partial charge in [0, 0.05) is 17.1 Å². The molecule has 2 aromatic carbocycles. The van der Waals surface area contributed by atoms with Gasteiger partial charge in [-0.05, 0) is 54.7 Å². The van der Waals surface area contributed by atoms with Gasteiger partial charge in [-0.2, -0.15) is 0 Å². The number of aliphatic hydroxyl groups is 1. The van der Waals surface area contributed by atoms with E-state index in [1.54, 1.807) is 35.8 Å². The Kier molecular flexibility index (Phi) is 6.32. The first-order valence-electron chi connectivity index (χ1n) is 11.2. The van der Waals surface area contributed by atoms with Crippen LogP contribution in [-0.2, 0) is 15.0 Å². The van der Waals surface area contributed by atoms with Crippen LogP contribution in [0.25, 0.3) is 5.76 Å². The molecule has 1 aliphatic heterocycles. The standard InChI is InChI=1S/C27H28N2O4S/c1-16(2)33-20-12-8-18(9-13-20)23(30)21-22(17-6-10-19(11-7-17)27(3,4)5)29(25(32)24(21)31)26-28-14-15-34-26/h6-16,22,30H,1-5H3. The summed E-state index contributed by atoms with van der Waals surface area (Å²) in [5, 5.41) is 13.4. The zero-order valence-electron chi connectivity index (χ0n) is 19.9. The summed E-state index contributed by atoms with van der Waals surface area (Å²) in [5.74, 6) is -1.01. The van der Waals surface area contributed by atoms with Crippen molar-refractivity contribution in [3.8, 4) is 5.75 Å². The Hall–Kier alpha value is -3.45. The van der Waals surface area contributed by atoms with Gasteiger partial charge in [0.15, 0.2) is 5.13 Å². The molecule has 1 amide bonds. The molecule has 6 nitrogen and oxygen atoms in total. The van der Waals surface area contributed by atoms with Crippen molar-refractivity contribution in [3.05, 3.63) is 82.4 Å². The highest BCUT2D eigenvalue weighted by Gasteiger charge is 2.48. The summed E-state index contributed by atoms with van der Waals surface area (Å²) >= 11 is 1.27. The first kappa shape index (κ1) is 23.7. The van der Waals surface area contributed by atoms with Crippen molar-refractivity contribution in [2.24, 2.45) is 0 Å². The highest BCUT2D eigenvalue weighted by molar-refractivity contribution is 7.14. The Morgan fingerprint density at radius 3 is 2.24 bits per heavy atom. The number of Topliss-reactive ketones (excluding diaryl/α,β-unsaturated/α-hetero) is 1. The van der Waals surface area contributed by atoms with Gasteiger partial charge in [-0.15, -0.1) is 11.3 Å². The molecule has 3 aromatic rings. The maximum absolute atomic E-state index is 13.2. The highest BCUT2D eigenvalue weighted by Crippen LogP contribution is 2.43. The summed E-state index contributed by atoms with van der Waals surface area (Å²) < 4.78 is 5.67. The van der Waals surface area contributed by atoms with Crippen molar-refractivity contribution in [2.75, 3.05) is 4.90 Å². The maximum Gasteiger partial charge on any atom is 0.301 e. The minimum absolute atomic E-state index is 0.0131. The lowest BCUT2D eigenvalue weighted by molar-refractivity contribution is -0.132. The van der Waals surface area contributed by atoms with Gasteiger partial charge in [-0.3, -0.25) is 14.5 Å². The third kappa shape index (κ3) is 4.48. The molecule has 2 heterocycles. The fraction of sp³-hybridized carbons (Fsp3) is 0.296. The highest BCUT2D eigenvalue weighted by atomic mass is 32.1. The van der Waals surface area contributed by atoms with Crippen LogP contribution in [0.4, 0.5) is 5.13 Å². The van der Waals surface area contributed by atoms with E-state index in [2.05, 4.69) is 25.8 Å². The van der Waals surface area contributed by atoms with Crippen LogP contribution in [0.3, 0.4) is 0 Å². The van der Waals surface area contributed by atoms with Crippen LogP contribution in [0.15, 0.2) is 65.7 Å². The fourth-order valence-electron chi connectivity index (χ4n) is 3.96. The number of ketones is 1. The predicted octanol–water partition coefficient (Wildman–Crippen LogP) is 5.85. The van der Waals surface area contributed by atoms with E-state index in [0.717, 1.165) is 11.1 Å². The second-order valence-electron chi connectivity index (χ2n) is 9.55. The Morgan fingerprint density at radius 2 is 1.71 bits per heavy atom. The summed E-state index contributed by atoms with van der Waals surface area (Å²) in [6, 6.07) is 13.9. The maximum atomic E-state index is 13.2. The lowest BCUT2D eigenvalue weighted by Gasteiger charge is -2.24. The van der Waals surface area contributed by atoms with Crippen molar-refractivity contribution >= 4 is 33.9 Å². The molecule has 1 fully saturated rings. The molecule has 0 bridgehead atoms. The number of nitrogens with zero attached hydrogens (tertiary/aromatic N) is 2. The lowest BCUT2D eigenvalue weighted by Crippen LogP contribution is -2.29. The number of amides is 1. The van der Waals surface area contributed by atoms with Gasteiger partial charge in [0.25, 0.3) is 5.78 Å². The molecule has 1 atom stereocenters. The molecule has 1 N–H and O–H groups in total. The van der Waals surface area contributed by atoms with Gasteiger partial charge >= 0.3 is 5.91 Å². The minimum atomic E-state index is -0.785. The largest absolute Gasteiger partial charge is 0.507 e. The molecule has 34 heavy (non-hydrogen) atoms. The number of benzene rings is 2. The van der Waals surface area contributed by atoms with E-state index >= 15 is 0 Å². The topological polar surface area (TPSA) is 79.7 Å². The summed E-state index contributed by atoms with van der Waals surface area (Å²) in [7, 11) is 0. The van der Waals surface area contributed by atoms with E-state index in [1.807, 2.05) is 38.1 Å². The number of hydrogen-bond donors (Lipinski definition) is 1. The zero-order valence-corrected chi connectivity index (χ0v) is 20.7. The number of thiazole rings is 1. The average Bonchev–Trinajstić information content (AvgIpc) is 3.40. The van der Waals surface area contributed by atoms with Crippen LogP contribution in [0.2, 0.25) is 0 Å². The number of anilines is 1. The number of carbonyl (C=O) groups is 2. The molecule has 1 unspecified atom stereocenters. The number of rotatable bonds is 5. The lowest BCUT2D eigenvalue weighted by atomic mass is 9.85. The molecule has 1 saturated heterocycles. The number of hydrogen-bond acceptors (Lipinski definition) is 6. The Labute approximate surface area is 203 Å². The number of carbonyl (C=O) groups excluding carboxylic acids is 2.